The lowest BCUT2D eigenvalue weighted by Crippen LogP contribution is -2.16. The molecule has 0 aromatic heterocycles. The van der Waals surface area contributed by atoms with E-state index in [-0.39, 0.29) is 6.10 Å². The lowest BCUT2D eigenvalue weighted by atomic mass is 10.0. The standard InChI is InChI=1S/C32H44O3/c1-4-5-6-7-8-9-10-11-12-13-14-15-28-20-16-26-17-23-30(31(24-26)34-28)27-18-21-29(22-19-27)35-32(33)25(2)3/h17-19,21-24,28H,2,4-16,20H2,1,3H3. The van der Waals surface area contributed by atoms with E-state index < -0.39 is 5.97 Å². The van der Waals surface area contributed by atoms with Crippen LogP contribution in [0.1, 0.15) is 103 Å². The fraction of sp³-hybridized carbons (Fsp3) is 0.531. The van der Waals surface area contributed by atoms with Gasteiger partial charge in [0.05, 0.1) is 6.10 Å². The van der Waals surface area contributed by atoms with Gasteiger partial charge in [-0.05, 0) is 61.9 Å². The minimum absolute atomic E-state index is 0.281. The van der Waals surface area contributed by atoms with Gasteiger partial charge in [-0.25, -0.2) is 4.79 Å². The third kappa shape index (κ3) is 9.20. The molecule has 0 spiro atoms. The van der Waals surface area contributed by atoms with E-state index in [0.717, 1.165) is 36.1 Å². The summed E-state index contributed by atoms with van der Waals surface area (Å²) in [5.41, 5.74) is 3.90. The normalized spacial score (nSPS) is 14.7. The average molecular weight is 477 g/mol. The lowest BCUT2D eigenvalue weighted by molar-refractivity contribution is -0.130. The number of esters is 1. The van der Waals surface area contributed by atoms with Crippen molar-refractivity contribution in [2.75, 3.05) is 0 Å². The van der Waals surface area contributed by atoms with Crippen LogP contribution in [0.3, 0.4) is 0 Å². The monoisotopic (exact) mass is 476 g/mol. The number of ether oxygens (including phenoxy) is 2. The second-order valence-electron chi connectivity index (χ2n) is 10.1. The molecule has 1 aliphatic heterocycles. The van der Waals surface area contributed by atoms with E-state index in [1.54, 1.807) is 6.92 Å². The van der Waals surface area contributed by atoms with Crippen molar-refractivity contribution in [3.63, 3.8) is 0 Å². The summed E-state index contributed by atoms with van der Waals surface area (Å²) in [5.74, 6) is 1.10. The van der Waals surface area contributed by atoms with Crippen molar-refractivity contribution in [3.8, 4) is 22.6 Å². The quantitative estimate of drug-likeness (QED) is 0.111. The van der Waals surface area contributed by atoms with Gasteiger partial charge >= 0.3 is 5.97 Å². The first-order valence-electron chi connectivity index (χ1n) is 13.8. The predicted octanol–water partition coefficient (Wildman–Crippen LogP) is 9.23. The minimum Gasteiger partial charge on any atom is -0.490 e. The van der Waals surface area contributed by atoms with Gasteiger partial charge < -0.3 is 9.47 Å². The van der Waals surface area contributed by atoms with Crippen LogP contribution >= 0.6 is 0 Å². The van der Waals surface area contributed by atoms with Gasteiger partial charge in [0.25, 0.3) is 0 Å². The third-order valence-electron chi connectivity index (χ3n) is 6.95. The molecule has 1 heterocycles. The fourth-order valence-corrected chi connectivity index (χ4v) is 4.76. The zero-order chi connectivity index (χ0) is 24.9. The number of benzene rings is 2. The number of unbranched alkanes of at least 4 members (excludes halogenated alkanes) is 10. The highest BCUT2D eigenvalue weighted by atomic mass is 16.5. The Morgan fingerprint density at radius 1 is 0.914 bits per heavy atom. The Labute approximate surface area is 212 Å². The molecule has 3 heteroatoms. The maximum absolute atomic E-state index is 11.8. The molecule has 2 aromatic carbocycles. The summed E-state index contributed by atoms with van der Waals surface area (Å²) < 4.78 is 11.8. The van der Waals surface area contributed by atoms with Crippen molar-refractivity contribution in [1.82, 2.24) is 0 Å². The van der Waals surface area contributed by atoms with Gasteiger partial charge in [0.2, 0.25) is 0 Å². The molecule has 0 amide bonds. The number of rotatable bonds is 15. The van der Waals surface area contributed by atoms with Crippen LogP contribution < -0.4 is 9.47 Å². The van der Waals surface area contributed by atoms with Crippen LogP contribution in [0.4, 0.5) is 0 Å². The summed E-state index contributed by atoms with van der Waals surface area (Å²) in [6.45, 7) is 7.56. The van der Waals surface area contributed by atoms with Crippen LogP contribution in [0.25, 0.3) is 11.1 Å². The number of hydrogen-bond donors (Lipinski definition) is 0. The van der Waals surface area contributed by atoms with Crippen molar-refractivity contribution in [2.45, 2.75) is 110 Å². The first-order chi connectivity index (χ1) is 17.1. The Hall–Kier alpha value is -2.55. The molecule has 1 atom stereocenters. The number of carbonyl (C=O) groups is 1. The predicted molar refractivity (Wildman–Crippen MR) is 146 cm³/mol. The van der Waals surface area contributed by atoms with Crippen LogP contribution in [-0.4, -0.2) is 12.1 Å². The highest BCUT2D eigenvalue weighted by molar-refractivity contribution is 5.88. The molecule has 0 N–H and O–H groups in total. The van der Waals surface area contributed by atoms with Crippen LogP contribution in [0.15, 0.2) is 54.6 Å². The summed E-state index contributed by atoms with van der Waals surface area (Å²) >= 11 is 0. The van der Waals surface area contributed by atoms with Gasteiger partial charge in [-0.15, -0.1) is 0 Å². The summed E-state index contributed by atoms with van der Waals surface area (Å²) in [6.07, 6.45) is 18.6. The summed E-state index contributed by atoms with van der Waals surface area (Å²) in [5, 5.41) is 0. The molecule has 0 saturated heterocycles. The van der Waals surface area contributed by atoms with Gasteiger partial charge in [0.1, 0.15) is 11.5 Å². The first kappa shape index (κ1) is 27.0. The maximum Gasteiger partial charge on any atom is 0.338 e. The molecule has 1 unspecified atom stereocenters. The Kier molecular flexibility index (Phi) is 11.4. The second kappa shape index (κ2) is 14.8. The van der Waals surface area contributed by atoms with Crippen LogP contribution in [0, 0.1) is 0 Å². The SMILES string of the molecule is C=C(C)C(=O)Oc1ccc(-c2ccc3cc2OC(CCCCCCCCCCCCC)CC3)cc1. The molecule has 2 aromatic rings. The van der Waals surface area contributed by atoms with E-state index in [4.69, 9.17) is 9.47 Å². The molecule has 0 radical (unpaired) electrons. The van der Waals surface area contributed by atoms with Crippen LogP contribution in [-0.2, 0) is 11.2 Å². The first-order valence-corrected chi connectivity index (χ1v) is 13.8. The zero-order valence-electron chi connectivity index (χ0n) is 22.0. The van der Waals surface area contributed by atoms with E-state index in [0.29, 0.717) is 11.3 Å². The van der Waals surface area contributed by atoms with Crippen LogP contribution in [0.2, 0.25) is 0 Å². The third-order valence-corrected chi connectivity index (χ3v) is 6.95. The molecule has 0 aliphatic carbocycles. The van der Waals surface area contributed by atoms with Crippen molar-refractivity contribution in [2.24, 2.45) is 0 Å². The molecule has 1 aliphatic rings. The Bertz CT molecular complexity index is 928. The topological polar surface area (TPSA) is 35.5 Å². The molecule has 190 valence electrons. The largest absolute Gasteiger partial charge is 0.490 e. The smallest absolute Gasteiger partial charge is 0.338 e. The van der Waals surface area contributed by atoms with Gasteiger partial charge in [-0.2, -0.15) is 0 Å². The second-order valence-corrected chi connectivity index (χ2v) is 10.1. The Morgan fingerprint density at radius 3 is 2.17 bits per heavy atom. The molecule has 35 heavy (non-hydrogen) atoms. The van der Waals surface area contributed by atoms with Gasteiger partial charge in [-0.3, -0.25) is 0 Å². The summed E-state index contributed by atoms with van der Waals surface area (Å²) in [4.78, 5) is 11.8. The van der Waals surface area contributed by atoms with Gasteiger partial charge in [-0.1, -0.05) is 102 Å². The average Bonchev–Trinajstić information content (AvgIpc) is 3.01. The molecule has 2 bridgehead atoms. The number of fused-ring (bicyclic) bond motifs is 2. The maximum atomic E-state index is 11.8. The van der Waals surface area contributed by atoms with Crippen molar-refractivity contribution in [1.29, 1.82) is 0 Å². The van der Waals surface area contributed by atoms with E-state index in [1.165, 1.54) is 76.2 Å². The number of hydrogen-bond acceptors (Lipinski definition) is 3. The zero-order valence-corrected chi connectivity index (χ0v) is 22.0. The van der Waals surface area contributed by atoms with Gasteiger partial charge in [0, 0.05) is 11.1 Å². The molecule has 3 nitrogen and oxygen atoms in total. The molecule has 0 saturated carbocycles. The Morgan fingerprint density at radius 2 is 1.54 bits per heavy atom. The number of aryl methyl sites for hydroxylation is 1. The van der Waals surface area contributed by atoms with Crippen LogP contribution in [0.5, 0.6) is 11.5 Å². The van der Waals surface area contributed by atoms with E-state index in [1.807, 2.05) is 24.3 Å². The summed E-state index contributed by atoms with van der Waals surface area (Å²) in [6, 6.07) is 14.2. The van der Waals surface area contributed by atoms with E-state index in [9.17, 15) is 4.79 Å². The van der Waals surface area contributed by atoms with Crippen molar-refractivity contribution >= 4 is 5.97 Å². The lowest BCUT2D eigenvalue weighted by Gasteiger charge is -2.18. The fourth-order valence-electron chi connectivity index (χ4n) is 4.76. The van der Waals surface area contributed by atoms with Crippen molar-refractivity contribution in [3.05, 3.63) is 60.2 Å². The van der Waals surface area contributed by atoms with E-state index >= 15 is 0 Å². The minimum atomic E-state index is -0.401. The molecular weight excluding hydrogens is 432 g/mol. The molecule has 0 fully saturated rings. The highest BCUT2D eigenvalue weighted by Gasteiger charge is 2.19. The molecular formula is C32H44O3. The Balaban J connectivity index is 1.43. The van der Waals surface area contributed by atoms with Crippen molar-refractivity contribution < 1.29 is 14.3 Å². The van der Waals surface area contributed by atoms with Gasteiger partial charge in [0.15, 0.2) is 0 Å². The van der Waals surface area contributed by atoms with E-state index in [2.05, 4.69) is 31.7 Å². The molecule has 3 rings (SSSR count). The summed E-state index contributed by atoms with van der Waals surface area (Å²) in [7, 11) is 0. The highest BCUT2D eigenvalue weighted by Crippen LogP contribution is 2.36. The number of carbonyl (C=O) groups excluding carboxylic acids is 1.